The fourth-order valence-corrected chi connectivity index (χ4v) is 3.04. The van der Waals surface area contributed by atoms with E-state index in [0.717, 1.165) is 38.5 Å². The summed E-state index contributed by atoms with van der Waals surface area (Å²) in [5, 5.41) is 5.89. The predicted octanol–water partition coefficient (Wildman–Crippen LogP) is 2.04. The maximum Gasteiger partial charge on any atom is 0.251 e. The second kappa shape index (κ2) is 6.08. The number of anilines is 1. The van der Waals surface area contributed by atoms with Gasteiger partial charge in [-0.25, -0.2) is 0 Å². The second-order valence-electron chi connectivity index (χ2n) is 6.47. The molecular weight excluding hydrogens is 278 g/mol. The first kappa shape index (κ1) is 15.0. The summed E-state index contributed by atoms with van der Waals surface area (Å²) < 4.78 is 0. The highest BCUT2D eigenvalue weighted by Gasteiger charge is 2.39. The zero-order valence-electron chi connectivity index (χ0n) is 12.7. The van der Waals surface area contributed by atoms with Crippen LogP contribution in [0.5, 0.6) is 0 Å². The molecule has 2 aliphatic carbocycles. The van der Waals surface area contributed by atoms with Gasteiger partial charge in [-0.2, -0.15) is 0 Å². The molecular formula is C17H23N3O2. The highest BCUT2D eigenvalue weighted by molar-refractivity contribution is 5.97. The second-order valence-corrected chi connectivity index (χ2v) is 6.47. The molecule has 5 nitrogen and oxygen atoms in total. The van der Waals surface area contributed by atoms with E-state index in [1.807, 2.05) is 0 Å². The van der Waals surface area contributed by atoms with Crippen molar-refractivity contribution >= 4 is 17.5 Å². The summed E-state index contributed by atoms with van der Waals surface area (Å²) in [5.74, 6) is -0.0442. The van der Waals surface area contributed by atoms with E-state index in [1.54, 1.807) is 24.3 Å². The van der Waals surface area contributed by atoms with Gasteiger partial charge in [0.2, 0.25) is 5.91 Å². The average molecular weight is 301 g/mol. The van der Waals surface area contributed by atoms with Gasteiger partial charge in [-0.05, 0) is 49.9 Å². The van der Waals surface area contributed by atoms with E-state index in [0.29, 0.717) is 23.8 Å². The Hall–Kier alpha value is -1.88. The highest BCUT2D eigenvalue weighted by Crippen LogP contribution is 2.38. The molecule has 118 valence electrons. The fourth-order valence-electron chi connectivity index (χ4n) is 3.04. The van der Waals surface area contributed by atoms with Crippen molar-refractivity contribution < 1.29 is 9.59 Å². The predicted molar refractivity (Wildman–Crippen MR) is 85.5 cm³/mol. The van der Waals surface area contributed by atoms with Crippen molar-refractivity contribution in [3.05, 3.63) is 29.8 Å². The van der Waals surface area contributed by atoms with Crippen LogP contribution in [-0.2, 0) is 4.79 Å². The molecule has 0 radical (unpaired) electrons. The van der Waals surface area contributed by atoms with Crippen LogP contribution in [0.15, 0.2) is 24.3 Å². The normalized spacial score (nSPS) is 19.7. The van der Waals surface area contributed by atoms with Crippen molar-refractivity contribution in [3.63, 3.8) is 0 Å². The van der Waals surface area contributed by atoms with Crippen LogP contribution in [0, 0.1) is 5.41 Å². The lowest BCUT2D eigenvalue weighted by Gasteiger charge is -2.25. The van der Waals surface area contributed by atoms with Gasteiger partial charge in [0.1, 0.15) is 0 Å². The Bertz CT molecular complexity index is 558. The Kier molecular flexibility index (Phi) is 4.16. The molecule has 0 aliphatic heterocycles. The SMILES string of the molecule is NCC1(C(=O)Nc2ccc(C(=O)NC3CC3)cc2)CCCC1. The minimum atomic E-state index is -0.415. The third-order valence-corrected chi connectivity index (χ3v) is 4.75. The molecule has 0 saturated heterocycles. The van der Waals surface area contributed by atoms with Crippen molar-refractivity contribution in [2.75, 3.05) is 11.9 Å². The van der Waals surface area contributed by atoms with Crippen molar-refractivity contribution in [3.8, 4) is 0 Å². The van der Waals surface area contributed by atoms with Crippen LogP contribution in [0.1, 0.15) is 48.9 Å². The summed E-state index contributed by atoms with van der Waals surface area (Å²) in [6.07, 6.45) is 5.98. The summed E-state index contributed by atoms with van der Waals surface area (Å²) in [6.45, 7) is 0.390. The highest BCUT2D eigenvalue weighted by atomic mass is 16.2. The van der Waals surface area contributed by atoms with E-state index in [9.17, 15) is 9.59 Å². The minimum absolute atomic E-state index is 0.00248. The van der Waals surface area contributed by atoms with Gasteiger partial charge in [-0.15, -0.1) is 0 Å². The van der Waals surface area contributed by atoms with Gasteiger partial charge < -0.3 is 16.4 Å². The lowest BCUT2D eigenvalue weighted by molar-refractivity contribution is -0.124. The van der Waals surface area contributed by atoms with Crippen LogP contribution < -0.4 is 16.4 Å². The number of hydrogen-bond acceptors (Lipinski definition) is 3. The van der Waals surface area contributed by atoms with E-state index in [4.69, 9.17) is 5.73 Å². The number of amides is 2. The Morgan fingerprint density at radius 2 is 1.77 bits per heavy atom. The Morgan fingerprint density at radius 3 is 2.32 bits per heavy atom. The number of rotatable bonds is 5. The molecule has 0 bridgehead atoms. The molecule has 5 heteroatoms. The van der Waals surface area contributed by atoms with Crippen molar-refractivity contribution in [2.45, 2.75) is 44.6 Å². The quantitative estimate of drug-likeness (QED) is 0.778. The van der Waals surface area contributed by atoms with Crippen molar-refractivity contribution in [1.29, 1.82) is 0 Å². The molecule has 4 N–H and O–H groups in total. The van der Waals surface area contributed by atoms with Gasteiger partial charge >= 0.3 is 0 Å². The van der Waals surface area contributed by atoms with Crippen LogP contribution in [-0.4, -0.2) is 24.4 Å². The van der Waals surface area contributed by atoms with Gasteiger partial charge in [0.25, 0.3) is 5.91 Å². The fraction of sp³-hybridized carbons (Fsp3) is 0.529. The first-order valence-electron chi connectivity index (χ1n) is 8.05. The summed E-state index contributed by atoms with van der Waals surface area (Å²) in [5.41, 5.74) is 6.75. The van der Waals surface area contributed by atoms with Crippen LogP contribution >= 0.6 is 0 Å². The van der Waals surface area contributed by atoms with E-state index in [-0.39, 0.29) is 11.8 Å². The lowest BCUT2D eigenvalue weighted by atomic mass is 9.85. The Balaban J connectivity index is 1.62. The number of benzene rings is 1. The smallest absolute Gasteiger partial charge is 0.251 e. The monoisotopic (exact) mass is 301 g/mol. The van der Waals surface area contributed by atoms with Gasteiger partial charge in [0.05, 0.1) is 5.41 Å². The lowest BCUT2D eigenvalue weighted by Crippen LogP contribution is -2.40. The molecule has 0 atom stereocenters. The van der Waals surface area contributed by atoms with Gasteiger partial charge in [0, 0.05) is 23.8 Å². The van der Waals surface area contributed by atoms with Crippen LogP contribution in [0.2, 0.25) is 0 Å². The molecule has 0 heterocycles. The molecule has 1 aromatic carbocycles. The van der Waals surface area contributed by atoms with Crippen LogP contribution in [0.4, 0.5) is 5.69 Å². The maximum atomic E-state index is 12.5. The first-order valence-corrected chi connectivity index (χ1v) is 8.05. The summed E-state index contributed by atoms with van der Waals surface area (Å²) in [4.78, 5) is 24.4. The standard InChI is InChI=1S/C17H23N3O2/c18-11-17(9-1-2-10-17)16(22)20-14-5-3-12(4-6-14)15(21)19-13-7-8-13/h3-6,13H,1-2,7-11,18H2,(H,19,21)(H,20,22). The van der Waals surface area contributed by atoms with Crippen LogP contribution in [0.3, 0.4) is 0 Å². The molecule has 2 fully saturated rings. The van der Waals surface area contributed by atoms with Gasteiger partial charge in [-0.3, -0.25) is 9.59 Å². The Labute approximate surface area is 130 Å². The number of nitrogens with two attached hydrogens (primary N) is 1. The summed E-state index contributed by atoms with van der Waals surface area (Å²) in [6, 6.07) is 7.39. The first-order chi connectivity index (χ1) is 10.6. The molecule has 2 saturated carbocycles. The molecule has 3 rings (SSSR count). The zero-order chi connectivity index (χ0) is 15.6. The molecule has 2 amide bonds. The third kappa shape index (κ3) is 3.14. The van der Waals surface area contributed by atoms with E-state index in [2.05, 4.69) is 10.6 Å². The number of carbonyl (C=O) groups is 2. The van der Waals surface area contributed by atoms with Crippen LogP contribution in [0.25, 0.3) is 0 Å². The van der Waals surface area contributed by atoms with Gasteiger partial charge in [0.15, 0.2) is 0 Å². The van der Waals surface area contributed by atoms with Crippen molar-refractivity contribution in [1.82, 2.24) is 5.32 Å². The van der Waals surface area contributed by atoms with Crippen molar-refractivity contribution in [2.24, 2.45) is 11.1 Å². The molecule has 0 spiro atoms. The largest absolute Gasteiger partial charge is 0.349 e. The topological polar surface area (TPSA) is 84.2 Å². The Morgan fingerprint density at radius 1 is 1.14 bits per heavy atom. The zero-order valence-corrected chi connectivity index (χ0v) is 12.7. The van der Waals surface area contributed by atoms with E-state index >= 15 is 0 Å². The van der Waals surface area contributed by atoms with E-state index in [1.165, 1.54) is 0 Å². The molecule has 0 aromatic heterocycles. The van der Waals surface area contributed by atoms with E-state index < -0.39 is 5.41 Å². The molecule has 1 aromatic rings. The maximum absolute atomic E-state index is 12.5. The average Bonchev–Trinajstić information content (AvgIpc) is 3.20. The summed E-state index contributed by atoms with van der Waals surface area (Å²) in [7, 11) is 0. The number of hydrogen-bond donors (Lipinski definition) is 3. The van der Waals surface area contributed by atoms with Gasteiger partial charge in [-0.1, -0.05) is 12.8 Å². The molecule has 22 heavy (non-hydrogen) atoms. The summed E-state index contributed by atoms with van der Waals surface area (Å²) >= 11 is 0. The third-order valence-electron chi connectivity index (χ3n) is 4.75. The molecule has 2 aliphatic rings. The minimum Gasteiger partial charge on any atom is -0.349 e. The molecule has 0 unspecified atom stereocenters. The number of carbonyl (C=O) groups excluding carboxylic acids is 2. The number of nitrogens with one attached hydrogen (secondary N) is 2.